The number of carboxylic acid groups (broad SMARTS) is 1. The Morgan fingerprint density at radius 1 is 1.47 bits per heavy atom. The molecule has 5 nitrogen and oxygen atoms in total. The van der Waals surface area contributed by atoms with Crippen molar-refractivity contribution in [2.45, 2.75) is 19.8 Å². The highest BCUT2D eigenvalue weighted by Gasteiger charge is 2.05. The summed E-state index contributed by atoms with van der Waals surface area (Å²) in [4.78, 5) is 10.4. The number of aromatic nitrogens is 3. The molecule has 0 atom stereocenters. The van der Waals surface area contributed by atoms with Crippen LogP contribution in [0.5, 0.6) is 0 Å². The summed E-state index contributed by atoms with van der Waals surface area (Å²) in [6, 6.07) is 7.88. The molecule has 0 aliphatic heterocycles. The van der Waals surface area contributed by atoms with Crippen LogP contribution >= 0.6 is 0 Å². The van der Waals surface area contributed by atoms with Crippen LogP contribution in [0.2, 0.25) is 0 Å². The van der Waals surface area contributed by atoms with Crippen LogP contribution in [-0.4, -0.2) is 26.1 Å². The number of hydrogen-bond donors (Lipinski definition) is 1. The first-order valence-corrected chi connectivity index (χ1v) is 5.35. The van der Waals surface area contributed by atoms with E-state index in [1.165, 1.54) is 0 Å². The first-order valence-electron chi connectivity index (χ1n) is 5.35. The molecule has 0 aliphatic rings. The van der Waals surface area contributed by atoms with E-state index >= 15 is 0 Å². The summed E-state index contributed by atoms with van der Waals surface area (Å²) in [5, 5.41) is 16.5. The van der Waals surface area contributed by atoms with Crippen molar-refractivity contribution in [2.24, 2.45) is 0 Å². The zero-order valence-electron chi connectivity index (χ0n) is 9.50. The van der Waals surface area contributed by atoms with Gasteiger partial charge in [-0.05, 0) is 24.6 Å². The Labute approximate surface area is 98.7 Å². The molecular weight excluding hydrogens is 218 g/mol. The van der Waals surface area contributed by atoms with E-state index in [-0.39, 0.29) is 6.42 Å². The number of nitrogens with zero attached hydrogens (tertiary/aromatic N) is 3. The maximum Gasteiger partial charge on any atom is 0.303 e. The van der Waals surface area contributed by atoms with Gasteiger partial charge in [0.15, 0.2) is 0 Å². The number of aliphatic carboxylic acids is 1. The van der Waals surface area contributed by atoms with E-state index in [2.05, 4.69) is 10.3 Å². The van der Waals surface area contributed by atoms with E-state index in [4.69, 9.17) is 5.11 Å². The molecule has 1 N–H and O–H groups in total. The van der Waals surface area contributed by atoms with Gasteiger partial charge in [0, 0.05) is 6.42 Å². The lowest BCUT2D eigenvalue weighted by molar-refractivity contribution is -0.136. The Bertz CT molecular complexity index is 534. The number of benzene rings is 1. The van der Waals surface area contributed by atoms with Crippen LogP contribution < -0.4 is 0 Å². The summed E-state index contributed by atoms with van der Waals surface area (Å²) in [5.74, 6) is -0.824. The van der Waals surface area contributed by atoms with Gasteiger partial charge in [0.25, 0.3) is 0 Å². The Hall–Kier alpha value is -2.17. The zero-order chi connectivity index (χ0) is 12.3. The number of carboxylic acids is 1. The second-order valence-electron chi connectivity index (χ2n) is 3.89. The molecule has 88 valence electrons. The first kappa shape index (κ1) is 11.3. The molecule has 0 saturated heterocycles. The van der Waals surface area contributed by atoms with Gasteiger partial charge >= 0.3 is 5.97 Å². The lowest BCUT2D eigenvalue weighted by atomic mass is 10.2. The smallest absolute Gasteiger partial charge is 0.303 e. The van der Waals surface area contributed by atoms with E-state index in [1.807, 2.05) is 31.2 Å². The molecule has 2 aromatic rings. The molecule has 1 heterocycles. The number of hydrogen-bond acceptors (Lipinski definition) is 3. The monoisotopic (exact) mass is 231 g/mol. The molecule has 1 aromatic heterocycles. The molecule has 0 spiro atoms. The summed E-state index contributed by atoms with van der Waals surface area (Å²) in [6.45, 7) is 2.01. The molecule has 0 fully saturated rings. The number of rotatable bonds is 4. The van der Waals surface area contributed by atoms with Gasteiger partial charge in [-0.2, -0.15) is 0 Å². The minimum Gasteiger partial charge on any atom is -0.481 e. The van der Waals surface area contributed by atoms with Crippen molar-refractivity contribution in [1.29, 1.82) is 0 Å². The third-order valence-electron chi connectivity index (χ3n) is 2.40. The standard InChI is InChI=1S/C12H13N3O2/c1-9-3-2-4-11(7-9)15-8-10(13-14-15)5-6-12(16)17/h2-4,7-8H,5-6H2,1H3,(H,16,17). The highest BCUT2D eigenvalue weighted by Crippen LogP contribution is 2.09. The maximum atomic E-state index is 10.4. The Morgan fingerprint density at radius 2 is 2.29 bits per heavy atom. The third kappa shape index (κ3) is 2.90. The van der Waals surface area contributed by atoms with Crippen molar-refractivity contribution in [1.82, 2.24) is 15.0 Å². The van der Waals surface area contributed by atoms with E-state index < -0.39 is 5.97 Å². The maximum absolute atomic E-state index is 10.4. The summed E-state index contributed by atoms with van der Waals surface area (Å²) in [6.07, 6.45) is 2.24. The van der Waals surface area contributed by atoms with Crippen LogP contribution in [0.15, 0.2) is 30.5 Å². The molecule has 0 aliphatic carbocycles. The normalized spacial score (nSPS) is 10.4. The van der Waals surface area contributed by atoms with Crippen LogP contribution in [0.3, 0.4) is 0 Å². The van der Waals surface area contributed by atoms with E-state index in [0.717, 1.165) is 11.3 Å². The predicted octanol–water partition coefficient (Wildman–Crippen LogP) is 1.59. The number of carbonyl (C=O) groups is 1. The fourth-order valence-electron chi connectivity index (χ4n) is 1.54. The number of aryl methyl sites for hydroxylation is 2. The largest absolute Gasteiger partial charge is 0.481 e. The SMILES string of the molecule is Cc1cccc(-n2cc(CCC(=O)O)nn2)c1. The highest BCUT2D eigenvalue weighted by molar-refractivity contribution is 5.66. The average molecular weight is 231 g/mol. The molecule has 0 unspecified atom stereocenters. The van der Waals surface area contributed by atoms with Gasteiger partial charge in [0.1, 0.15) is 0 Å². The Morgan fingerprint density at radius 3 is 3.00 bits per heavy atom. The molecule has 0 bridgehead atoms. The van der Waals surface area contributed by atoms with Crippen LogP contribution in [-0.2, 0) is 11.2 Å². The van der Waals surface area contributed by atoms with E-state index in [1.54, 1.807) is 10.9 Å². The van der Waals surface area contributed by atoms with E-state index in [9.17, 15) is 4.79 Å². The van der Waals surface area contributed by atoms with Crippen molar-refractivity contribution < 1.29 is 9.90 Å². The zero-order valence-corrected chi connectivity index (χ0v) is 9.50. The lowest BCUT2D eigenvalue weighted by Gasteiger charge is -2.00. The average Bonchev–Trinajstić information content (AvgIpc) is 2.75. The highest BCUT2D eigenvalue weighted by atomic mass is 16.4. The van der Waals surface area contributed by atoms with Gasteiger partial charge in [0.05, 0.1) is 24.0 Å². The van der Waals surface area contributed by atoms with Gasteiger partial charge in [-0.25, -0.2) is 4.68 Å². The first-order chi connectivity index (χ1) is 8.15. The van der Waals surface area contributed by atoms with Crippen LogP contribution in [0.4, 0.5) is 0 Å². The molecule has 1 aromatic carbocycles. The van der Waals surface area contributed by atoms with Gasteiger partial charge in [-0.3, -0.25) is 4.79 Å². The molecular formula is C12H13N3O2. The quantitative estimate of drug-likeness (QED) is 0.867. The fourth-order valence-corrected chi connectivity index (χ4v) is 1.54. The summed E-state index contributed by atoms with van der Waals surface area (Å²) >= 11 is 0. The molecule has 0 saturated carbocycles. The molecule has 17 heavy (non-hydrogen) atoms. The topological polar surface area (TPSA) is 68.0 Å². The minimum absolute atomic E-state index is 0.0759. The summed E-state index contributed by atoms with van der Waals surface area (Å²) in [5.41, 5.74) is 2.76. The second kappa shape index (κ2) is 4.78. The summed E-state index contributed by atoms with van der Waals surface area (Å²) in [7, 11) is 0. The fraction of sp³-hybridized carbons (Fsp3) is 0.250. The van der Waals surface area contributed by atoms with Crippen LogP contribution in [0.1, 0.15) is 17.7 Å². The van der Waals surface area contributed by atoms with Crippen LogP contribution in [0.25, 0.3) is 5.69 Å². The van der Waals surface area contributed by atoms with Gasteiger partial charge in [-0.15, -0.1) is 5.10 Å². The van der Waals surface area contributed by atoms with Crippen molar-refractivity contribution in [3.63, 3.8) is 0 Å². The van der Waals surface area contributed by atoms with Crippen LogP contribution in [0, 0.1) is 6.92 Å². The Balaban J connectivity index is 2.15. The molecule has 0 amide bonds. The third-order valence-corrected chi connectivity index (χ3v) is 2.40. The lowest BCUT2D eigenvalue weighted by Crippen LogP contribution is -1.97. The minimum atomic E-state index is -0.824. The summed E-state index contributed by atoms with van der Waals surface area (Å²) < 4.78 is 1.66. The van der Waals surface area contributed by atoms with Gasteiger partial charge < -0.3 is 5.11 Å². The van der Waals surface area contributed by atoms with Gasteiger partial charge in [0.2, 0.25) is 0 Å². The molecule has 5 heteroatoms. The predicted molar refractivity (Wildman–Crippen MR) is 62.1 cm³/mol. The van der Waals surface area contributed by atoms with Crippen molar-refractivity contribution in [3.05, 3.63) is 41.7 Å². The Kier molecular flexibility index (Phi) is 3.18. The van der Waals surface area contributed by atoms with Crippen molar-refractivity contribution in [3.8, 4) is 5.69 Å². The molecule has 2 rings (SSSR count). The van der Waals surface area contributed by atoms with E-state index in [0.29, 0.717) is 12.1 Å². The van der Waals surface area contributed by atoms with Crippen molar-refractivity contribution >= 4 is 5.97 Å². The van der Waals surface area contributed by atoms with Gasteiger partial charge in [-0.1, -0.05) is 17.3 Å². The second-order valence-corrected chi connectivity index (χ2v) is 3.89. The van der Waals surface area contributed by atoms with Crippen molar-refractivity contribution in [2.75, 3.05) is 0 Å². The molecule has 0 radical (unpaired) electrons.